The van der Waals surface area contributed by atoms with E-state index >= 15 is 0 Å². The van der Waals surface area contributed by atoms with Gasteiger partial charge in [0.15, 0.2) is 5.03 Å². The smallest absolute Gasteiger partial charge is 0.260 e. The third-order valence-corrected chi connectivity index (χ3v) is 4.82. The summed E-state index contributed by atoms with van der Waals surface area (Å²) in [5.41, 5.74) is 0.884. The Labute approximate surface area is 112 Å². The Morgan fingerprint density at radius 2 is 2.22 bits per heavy atom. The number of nitrogens with one attached hydrogen (secondary N) is 2. The predicted molar refractivity (Wildman–Crippen MR) is 72.0 cm³/mol. The lowest BCUT2D eigenvalue weighted by molar-refractivity contribution is 0.277. The maximum Gasteiger partial charge on any atom is 0.260 e. The molecule has 1 aromatic rings. The van der Waals surface area contributed by atoms with Crippen molar-refractivity contribution in [1.82, 2.24) is 14.9 Å². The second-order valence-electron chi connectivity index (χ2n) is 4.20. The average Bonchev–Trinajstić information content (AvgIpc) is 2.69. The van der Waals surface area contributed by atoms with E-state index in [2.05, 4.69) is 14.9 Å². The van der Waals surface area contributed by atoms with Crippen molar-refractivity contribution in [2.24, 2.45) is 5.92 Å². The van der Waals surface area contributed by atoms with E-state index in [1.54, 1.807) is 18.7 Å². The fourth-order valence-electron chi connectivity index (χ4n) is 1.50. The number of aromatic amines is 1. The highest BCUT2D eigenvalue weighted by Gasteiger charge is 2.23. The van der Waals surface area contributed by atoms with E-state index in [4.69, 9.17) is 5.11 Å². The summed E-state index contributed by atoms with van der Waals surface area (Å²) in [5, 5.41) is 15.4. The fourth-order valence-corrected chi connectivity index (χ4v) is 3.54. The second kappa shape index (κ2) is 6.55. The van der Waals surface area contributed by atoms with Gasteiger partial charge < -0.3 is 5.11 Å². The van der Waals surface area contributed by atoms with Gasteiger partial charge in [0.1, 0.15) is 0 Å². The van der Waals surface area contributed by atoms with Gasteiger partial charge in [0.25, 0.3) is 10.0 Å². The Balaban J connectivity index is 2.80. The van der Waals surface area contributed by atoms with Crippen molar-refractivity contribution < 1.29 is 13.5 Å². The van der Waals surface area contributed by atoms with Crippen LogP contribution in [0.3, 0.4) is 0 Å². The van der Waals surface area contributed by atoms with Gasteiger partial charge in [-0.25, -0.2) is 13.1 Å². The minimum Gasteiger partial charge on any atom is -0.392 e. The van der Waals surface area contributed by atoms with Crippen LogP contribution in [-0.4, -0.2) is 42.3 Å². The van der Waals surface area contributed by atoms with Crippen molar-refractivity contribution in [3.8, 4) is 0 Å². The molecule has 0 saturated heterocycles. The minimum absolute atomic E-state index is 0.112. The van der Waals surface area contributed by atoms with Gasteiger partial charge in [-0.2, -0.15) is 16.9 Å². The monoisotopic (exact) mass is 293 g/mol. The number of hydrogen-bond acceptors (Lipinski definition) is 5. The molecule has 1 atom stereocenters. The second-order valence-corrected chi connectivity index (χ2v) is 6.80. The number of H-pyrrole nitrogens is 1. The number of sulfonamides is 1. The molecule has 6 nitrogen and oxygen atoms in total. The third-order valence-electron chi connectivity index (χ3n) is 2.52. The highest BCUT2D eigenvalue weighted by atomic mass is 32.2. The van der Waals surface area contributed by atoms with E-state index in [1.165, 1.54) is 0 Å². The Kier molecular flexibility index (Phi) is 5.64. The van der Waals surface area contributed by atoms with Gasteiger partial charge in [-0.3, -0.25) is 5.10 Å². The van der Waals surface area contributed by atoms with E-state index in [-0.39, 0.29) is 17.6 Å². The quantitative estimate of drug-likeness (QED) is 0.680. The first-order chi connectivity index (χ1) is 8.42. The van der Waals surface area contributed by atoms with Gasteiger partial charge in [-0.15, -0.1) is 0 Å². The maximum absolute atomic E-state index is 12.0. The van der Waals surface area contributed by atoms with E-state index in [0.717, 1.165) is 5.75 Å². The molecule has 0 bridgehead atoms. The molecule has 0 aliphatic carbocycles. The molecular formula is C10H19N3O3S2. The third kappa shape index (κ3) is 3.71. The largest absolute Gasteiger partial charge is 0.392 e. The van der Waals surface area contributed by atoms with Crippen LogP contribution in [0, 0.1) is 12.8 Å². The Morgan fingerprint density at radius 1 is 1.56 bits per heavy atom. The van der Waals surface area contributed by atoms with Crippen LogP contribution in [0.4, 0.5) is 0 Å². The van der Waals surface area contributed by atoms with Crippen LogP contribution < -0.4 is 4.72 Å². The molecule has 8 heteroatoms. The number of aliphatic hydroxyl groups excluding tert-OH is 1. The SMILES string of the molecule is CSCC(C)CNS(=O)(=O)c1n[nH]c(C)c1CO. The summed E-state index contributed by atoms with van der Waals surface area (Å²) in [5.74, 6) is 1.13. The van der Waals surface area contributed by atoms with Crippen molar-refractivity contribution in [1.29, 1.82) is 0 Å². The summed E-state index contributed by atoms with van der Waals surface area (Å²) in [4.78, 5) is 0. The Bertz CT molecular complexity index is 485. The first-order valence-corrected chi connectivity index (χ1v) is 8.43. The summed E-state index contributed by atoms with van der Waals surface area (Å²) in [6.45, 7) is 3.66. The zero-order valence-corrected chi connectivity index (χ0v) is 12.4. The Morgan fingerprint density at radius 3 is 2.78 bits per heavy atom. The van der Waals surface area contributed by atoms with Crippen molar-refractivity contribution >= 4 is 21.8 Å². The van der Waals surface area contributed by atoms with Crippen LogP contribution in [0.15, 0.2) is 5.03 Å². The lowest BCUT2D eigenvalue weighted by atomic mass is 10.2. The lowest BCUT2D eigenvalue weighted by Gasteiger charge is -2.11. The first-order valence-electron chi connectivity index (χ1n) is 5.55. The molecule has 0 aliphatic rings. The number of aromatic nitrogens is 2. The standard InChI is InChI=1S/C10H19N3O3S2/c1-7(6-17-3)4-11-18(15,16)10-9(5-14)8(2)12-13-10/h7,11,14H,4-6H2,1-3H3,(H,12,13). The maximum atomic E-state index is 12.0. The molecule has 0 saturated carbocycles. The highest BCUT2D eigenvalue weighted by molar-refractivity contribution is 7.98. The van der Waals surface area contributed by atoms with Crippen LogP contribution in [0.2, 0.25) is 0 Å². The molecule has 0 spiro atoms. The predicted octanol–water partition coefficient (Wildman–Crippen LogP) is 0.488. The van der Waals surface area contributed by atoms with Crippen LogP contribution in [-0.2, 0) is 16.6 Å². The zero-order valence-electron chi connectivity index (χ0n) is 10.7. The number of rotatable bonds is 7. The van der Waals surface area contributed by atoms with Gasteiger partial charge in [0.2, 0.25) is 0 Å². The normalized spacial score (nSPS) is 13.8. The molecule has 0 radical (unpaired) electrons. The van der Waals surface area contributed by atoms with Crippen LogP contribution >= 0.6 is 11.8 Å². The summed E-state index contributed by atoms with van der Waals surface area (Å²) < 4.78 is 26.6. The molecule has 1 unspecified atom stereocenters. The van der Waals surface area contributed by atoms with Gasteiger partial charge >= 0.3 is 0 Å². The van der Waals surface area contributed by atoms with Gasteiger partial charge in [0, 0.05) is 17.8 Å². The molecule has 1 rings (SSSR count). The highest BCUT2D eigenvalue weighted by Crippen LogP contribution is 2.16. The lowest BCUT2D eigenvalue weighted by Crippen LogP contribution is -2.30. The molecule has 3 N–H and O–H groups in total. The molecule has 0 aromatic carbocycles. The van der Waals surface area contributed by atoms with Crippen molar-refractivity contribution in [2.45, 2.75) is 25.5 Å². The molecule has 1 aromatic heterocycles. The van der Waals surface area contributed by atoms with Gasteiger partial charge in [0.05, 0.1) is 6.61 Å². The molecule has 104 valence electrons. The summed E-state index contributed by atoms with van der Waals surface area (Å²) in [6.07, 6.45) is 1.98. The number of thioether (sulfide) groups is 1. The number of aryl methyl sites for hydroxylation is 1. The number of aliphatic hydroxyl groups is 1. The van der Waals surface area contributed by atoms with Crippen LogP contribution in [0.5, 0.6) is 0 Å². The van der Waals surface area contributed by atoms with E-state index in [1.807, 2.05) is 13.2 Å². The van der Waals surface area contributed by atoms with Gasteiger partial charge in [-0.1, -0.05) is 6.92 Å². The average molecular weight is 293 g/mol. The fraction of sp³-hybridized carbons (Fsp3) is 0.700. The van der Waals surface area contributed by atoms with Crippen molar-refractivity contribution in [2.75, 3.05) is 18.6 Å². The molecule has 0 aliphatic heterocycles. The topological polar surface area (TPSA) is 95.1 Å². The molecule has 0 amide bonds. The first kappa shape index (κ1) is 15.5. The van der Waals surface area contributed by atoms with Crippen LogP contribution in [0.1, 0.15) is 18.2 Å². The zero-order chi connectivity index (χ0) is 13.8. The minimum atomic E-state index is -3.66. The molecular weight excluding hydrogens is 274 g/mol. The summed E-state index contributed by atoms with van der Waals surface area (Å²) in [7, 11) is -3.66. The number of nitrogens with zero attached hydrogens (tertiary/aromatic N) is 1. The Hall–Kier alpha value is -0.570. The molecule has 0 fully saturated rings. The van der Waals surface area contributed by atoms with Crippen molar-refractivity contribution in [3.63, 3.8) is 0 Å². The summed E-state index contributed by atoms with van der Waals surface area (Å²) in [6, 6.07) is 0. The van der Waals surface area contributed by atoms with E-state index in [9.17, 15) is 8.42 Å². The van der Waals surface area contributed by atoms with Gasteiger partial charge in [-0.05, 0) is 24.9 Å². The number of hydrogen-bond donors (Lipinski definition) is 3. The summed E-state index contributed by atoms with van der Waals surface area (Å²) >= 11 is 1.67. The van der Waals surface area contributed by atoms with Crippen LogP contribution in [0.25, 0.3) is 0 Å². The van der Waals surface area contributed by atoms with Crippen molar-refractivity contribution in [3.05, 3.63) is 11.3 Å². The molecule has 1 heterocycles. The molecule has 18 heavy (non-hydrogen) atoms. The van der Waals surface area contributed by atoms with E-state index in [0.29, 0.717) is 17.8 Å². The van der Waals surface area contributed by atoms with E-state index < -0.39 is 10.0 Å².